The summed E-state index contributed by atoms with van der Waals surface area (Å²) in [5.74, 6) is 2.69. The van der Waals surface area contributed by atoms with Crippen LogP contribution in [-0.4, -0.2) is 60.5 Å². The van der Waals surface area contributed by atoms with E-state index >= 15 is 0 Å². The second-order valence-corrected chi connectivity index (χ2v) is 13.0. The van der Waals surface area contributed by atoms with Crippen LogP contribution in [0.15, 0.2) is 41.8 Å². The predicted octanol–water partition coefficient (Wildman–Crippen LogP) is 6.31. The summed E-state index contributed by atoms with van der Waals surface area (Å²) in [5.41, 5.74) is 6.18. The van der Waals surface area contributed by atoms with Crippen molar-refractivity contribution >= 4 is 22.4 Å². The smallest absolute Gasteiger partial charge is 0.253 e. The number of piperidine rings is 2. The molecule has 0 radical (unpaired) electrons. The SMILES string of the molecule is CCc1cc(C(=O)N2CCCCC2)ccc1COc1ccc(C)cc1-c1csc(N2C[C@H]3CC[C@@H](C2)[C@H]3COCO)n1. The van der Waals surface area contributed by atoms with Crippen molar-refractivity contribution in [3.8, 4) is 17.0 Å². The first-order valence-corrected chi connectivity index (χ1v) is 16.5. The lowest BCUT2D eigenvalue weighted by atomic mass is 9.86. The van der Waals surface area contributed by atoms with Crippen molar-refractivity contribution in [2.75, 3.05) is 44.5 Å². The van der Waals surface area contributed by atoms with Crippen LogP contribution in [0.3, 0.4) is 0 Å². The molecule has 7 nitrogen and oxygen atoms in total. The number of benzene rings is 2. The molecule has 3 fully saturated rings. The van der Waals surface area contributed by atoms with Crippen molar-refractivity contribution in [3.05, 3.63) is 64.0 Å². The zero-order chi connectivity index (χ0) is 29.1. The lowest BCUT2D eigenvalue weighted by Gasteiger charge is -2.37. The summed E-state index contributed by atoms with van der Waals surface area (Å²) < 4.78 is 11.8. The van der Waals surface area contributed by atoms with E-state index in [4.69, 9.17) is 19.6 Å². The number of aryl methyl sites for hydroxylation is 2. The van der Waals surface area contributed by atoms with E-state index in [0.717, 1.165) is 84.3 Å². The van der Waals surface area contributed by atoms with Crippen LogP contribution in [0.5, 0.6) is 5.75 Å². The number of thiazole rings is 1. The van der Waals surface area contributed by atoms with Crippen molar-refractivity contribution in [1.29, 1.82) is 0 Å². The van der Waals surface area contributed by atoms with Gasteiger partial charge in [-0.2, -0.15) is 0 Å². The molecule has 3 atom stereocenters. The zero-order valence-corrected chi connectivity index (χ0v) is 25.7. The first kappa shape index (κ1) is 29.1. The lowest BCUT2D eigenvalue weighted by molar-refractivity contribution is -0.0315. The Morgan fingerprint density at radius 2 is 1.83 bits per heavy atom. The molecule has 1 N–H and O–H groups in total. The summed E-state index contributed by atoms with van der Waals surface area (Å²) in [6.07, 6.45) is 6.70. The molecular formula is C34H43N3O4S. The summed E-state index contributed by atoms with van der Waals surface area (Å²) in [6.45, 7) is 8.86. The number of carbonyl (C=O) groups excluding carboxylic acids is 1. The van der Waals surface area contributed by atoms with E-state index in [2.05, 4.69) is 54.5 Å². The molecule has 1 amide bonds. The van der Waals surface area contributed by atoms with Gasteiger partial charge in [-0.25, -0.2) is 4.98 Å². The topological polar surface area (TPSA) is 75.1 Å². The molecule has 2 bridgehead atoms. The number of rotatable bonds is 10. The standard InChI is InChI=1S/C34H43N3O4S/c1-3-24-16-25(33(39)36-13-5-4-6-14-36)8-11-28(24)19-41-32-12-7-23(2)15-29(32)31-21-42-34(35-31)37-17-26-9-10-27(18-37)30(26)20-40-22-38/h7-8,11-12,15-16,21,26-27,30,38H,3-6,9-10,13-14,17-20,22H2,1-2H3/t26-,27+,30+. The van der Waals surface area contributed by atoms with E-state index in [1.807, 2.05) is 11.0 Å². The van der Waals surface area contributed by atoms with Gasteiger partial charge in [0, 0.05) is 42.7 Å². The summed E-state index contributed by atoms with van der Waals surface area (Å²) in [5, 5.41) is 12.3. The second kappa shape index (κ2) is 13.1. The van der Waals surface area contributed by atoms with Crippen molar-refractivity contribution in [2.45, 2.75) is 59.0 Å². The van der Waals surface area contributed by atoms with Crippen LogP contribution in [0.4, 0.5) is 5.13 Å². The molecule has 3 heterocycles. The monoisotopic (exact) mass is 589 g/mol. The van der Waals surface area contributed by atoms with Crippen LogP contribution in [0, 0.1) is 24.7 Å². The van der Waals surface area contributed by atoms with Gasteiger partial charge in [0.25, 0.3) is 5.91 Å². The van der Waals surface area contributed by atoms with E-state index < -0.39 is 0 Å². The Kier molecular flexibility index (Phi) is 9.12. The predicted molar refractivity (Wildman–Crippen MR) is 167 cm³/mol. The normalized spacial score (nSPS) is 22.0. The minimum absolute atomic E-state index is 0.146. The third kappa shape index (κ3) is 6.21. The van der Waals surface area contributed by atoms with Gasteiger partial charge >= 0.3 is 0 Å². The van der Waals surface area contributed by atoms with E-state index in [9.17, 15) is 4.79 Å². The average molecular weight is 590 g/mol. The maximum atomic E-state index is 13.1. The number of hydrogen-bond donors (Lipinski definition) is 1. The number of anilines is 1. The molecule has 1 saturated carbocycles. The number of aliphatic hydroxyl groups is 1. The first-order chi connectivity index (χ1) is 20.5. The Morgan fingerprint density at radius 1 is 1.05 bits per heavy atom. The third-order valence-corrected chi connectivity index (χ3v) is 10.4. The van der Waals surface area contributed by atoms with Gasteiger partial charge in [0.15, 0.2) is 5.13 Å². The minimum Gasteiger partial charge on any atom is -0.488 e. The van der Waals surface area contributed by atoms with Gasteiger partial charge in [-0.05, 0) is 98.6 Å². The number of fused-ring (bicyclic) bond motifs is 2. The van der Waals surface area contributed by atoms with Gasteiger partial charge in [-0.1, -0.05) is 24.6 Å². The molecule has 1 aromatic heterocycles. The highest BCUT2D eigenvalue weighted by Crippen LogP contribution is 2.44. The minimum atomic E-state index is -0.195. The molecule has 2 saturated heterocycles. The van der Waals surface area contributed by atoms with Crippen LogP contribution < -0.4 is 9.64 Å². The largest absolute Gasteiger partial charge is 0.488 e. The van der Waals surface area contributed by atoms with Crippen molar-refractivity contribution in [2.24, 2.45) is 17.8 Å². The number of nitrogens with zero attached hydrogens (tertiary/aromatic N) is 3. The molecule has 224 valence electrons. The van der Waals surface area contributed by atoms with Crippen LogP contribution >= 0.6 is 11.3 Å². The number of likely N-dealkylation sites (tertiary alicyclic amines) is 1. The lowest BCUT2D eigenvalue weighted by Crippen LogP contribution is -2.43. The molecule has 6 rings (SSSR count). The summed E-state index contributed by atoms with van der Waals surface area (Å²) in [4.78, 5) is 22.6. The number of carbonyl (C=O) groups is 1. The Labute approximate surface area is 253 Å². The number of hydrogen-bond acceptors (Lipinski definition) is 7. The summed E-state index contributed by atoms with van der Waals surface area (Å²) in [6, 6.07) is 12.4. The highest BCUT2D eigenvalue weighted by molar-refractivity contribution is 7.14. The fourth-order valence-corrected chi connectivity index (χ4v) is 7.97. The Hall–Kier alpha value is -2.94. The van der Waals surface area contributed by atoms with Gasteiger partial charge in [-0.3, -0.25) is 4.79 Å². The fourth-order valence-electron chi connectivity index (χ4n) is 7.12. The highest BCUT2D eigenvalue weighted by Gasteiger charge is 2.42. The quantitative estimate of drug-likeness (QED) is 0.279. The Balaban J connectivity index is 1.16. The second-order valence-electron chi connectivity index (χ2n) is 12.2. The summed E-state index contributed by atoms with van der Waals surface area (Å²) >= 11 is 1.70. The molecule has 1 aliphatic carbocycles. The first-order valence-electron chi connectivity index (χ1n) is 15.6. The van der Waals surface area contributed by atoms with E-state index in [1.165, 1.54) is 24.8 Å². The molecule has 3 aliphatic rings. The van der Waals surface area contributed by atoms with Crippen LogP contribution in [0.2, 0.25) is 0 Å². The van der Waals surface area contributed by atoms with Gasteiger partial charge in [0.2, 0.25) is 0 Å². The average Bonchev–Trinajstić information content (AvgIpc) is 3.60. The van der Waals surface area contributed by atoms with Crippen LogP contribution in [0.25, 0.3) is 11.3 Å². The van der Waals surface area contributed by atoms with Gasteiger partial charge in [0.1, 0.15) is 19.1 Å². The van der Waals surface area contributed by atoms with Gasteiger partial charge in [0.05, 0.1) is 12.3 Å². The highest BCUT2D eigenvalue weighted by atomic mass is 32.1. The number of aromatic nitrogens is 1. The van der Waals surface area contributed by atoms with Crippen molar-refractivity contribution in [3.63, 3.8) is 0 Å². The van der Waals surface area contributed by atoms with E-state index in [1.54, 1.807) is 11.3 Å². The van der Waals surface area contributed by atoms with Crippen molar-refractivity contribution < 1.29 is 19.4 Å². The Morgan fingerprint density at radius 3 is 2.57 bits per heavy atom. The third-order valence-electron chi connectivity index (χ3n) is 9.46. The van der Waals surface area contributed by atoms with Crippen molar-refractivity contribution in [1.82, 2.24) is 9.88 Å². The maximum Gasteiger partial charge on any atom is 0.253 e. The molecule has 2 aliphatic heterocycles. The molecule has 8 heteroatoms. The molecule has 0 spiro atoms. The van der Waals surface area contributed by atoms with E-state index in [0.29, 0.717) is 31.0 Å². The number of amides is 1. The maximum absolute atomic E-state index is 13.1. The molecule has 0 unspecified atom stereocenters. The van der Waals surface area contributed by atoms with Crippen LogP contribution in [0.1, 0.15) is 66.1 Å². The summed E-state index contributed by atoms with van der Waals surface area (Å²) in [7, 11) is 0. The zero-order valence-electron chi connectivity index (χ0n) is 24.9. The van der Waals surface area contributed by atoms with Gasteiger partial charge in [-0.15, -0.1) is 11.3 Å². The molecule has 3 aromatic rings. The Bertz CT molecular complexity index is 1370. The fraction of sp³-hybridized carbons (Fsp3) is 0.529. The number of aliphatic hydroxyl groups excluding tert-OH is 1. The van der Waals surface area contributed by atoms with E-state index in [-0.39, 0.29) is 12.7 Å². The number of ether oxygens (including phenoxy) is 2. The molecule has 42 heavy (non-hydrogen) atoms. The molecule has 2 aromatic carbocycles. The van der Waals surface area contributed by atoms with Gasteiger partial charge < -0.3 is 24.4 Å². The molecular weight excluding hydrogens is 546 g/mol. The van der Waals surface area contributed by atoms with Crippen LogP contribution in [-0.2, 0) is 17.8 Å².